The number of carbonyl (C=O) groups excluding carboxylic acids is 3. The fourth-order valence-electron chi connectivity index (χ4n) is 4.12. The van der Waals surface area contributed by atoms with Crippen molar-refractivity contribution in [3.8, 4) is 0 Å². The minimum atomic E-state index is -1.08. The second-order valence-electron chi connectivity index (χ2n) is 8.21. The van der Waals surface area contributed by atoms with E-state index in [9.17, 15) is 28.3 Å². The van der Waals surface area contributed by atoms with Crippen LogP contribution < -0.4 is 10.6 Å². The van der Waals surface area contributed by atoms with E-state index >= 15 is 0 Å². The summed E-state index contributed by atoms with van der Waals surface area (Å²) >= 11 is 0. The molecule has 1 fully saturated rings. The standard InChI is InChI=1S/C22H23F2N3O4/c1-12-17(20(30)25-13-5-6-14(23)15(24)10-13)16-4-2-3-9-27(16)18(12)19(29)21(31)26-22(11-28)7-8-22/h5-6,10,28H,2-4,7-9,11H2,1H3,(H,25,30)(H,26,31). The lowest BCUT2D eigenvalue weighted by atomic mass is 10.0. The first-order valence-electron chi connectivity index (χ1n) is 10.2. The van der Waals surface area contributed by atoms with Gasteiger partial charge in [-0.25, -0.2) is 8.78 Å². The molecule has 9 heteroatoms. The maximum absolute atomic E-state index is 13.5. The third-order valence-electron chi connectivity index (χ3n) is 6.02. The summed E-state index contributed by atoms with van der Waals surface area (Å²) in [6, 6.07) is 3.05. The van der Waals surface area contributed by atoms with Crippen molar-refractivity contribution >= 4 is 23.3 Å². The number of Topliss-reactive ketones (excluding diaryl/α,β-unsaturated/α-hetero) is 1. The monoisotopic (exact) mass is 431 g/mol. The number of hydrogen-bond acceptors (Lipinski definition) is 4. The van der Waals surface area contributed by atoms with Crippen molar-refractivity contribution in [2.24, 2.45) is 0 Å². The number of aromatic nitrogens is 1. The predicted octanol–water partition coefficient (Wildman–Crippen LogP) is 2.49. The molecule has 2 amide bonds. The highest BCUT2D eigenvalue weighted by molar-refractivity contribution is 6.43. The number of aliphatic hydroxyl groups is 1. The molecular formula is C22H23F2N3O4. The second kappa shape index (κ2) is 7.88. The van der Waals surface area contributed by atoms with E-state index in [0.717, 1.165) is 25.0 Å². The number of anilines is 1. The number of halogens is 2. The smallest absolute Gasteiger partial charge is 0.294 e. The van der Waals surface area contributed by atoms with E-state index < -0.39 is 34.8 Å². The van der Waals surface area contributed by atoms with Crippen molar-refractivity contribution < 1.29 is 28.3 Å². The van der Waals surface area contributed by atoms with E-state index in [1.54, 1.807) is 11.5 Å². The Kier molecular flexibility index (Phi) is 5.38. The second-order valence-corrected chi connectivity index (χ2v) is 8.21. The summed E-state index contributed by atoms with van der Waals surface area (Å²) < 4.78 is 28.4. The van der Waals surface area contributed by atoms with Crippen LogP contribution in [-0.2, 0) is 17.8 Å². The third-order valence-corrected chi connectivity index (χ3v) is 6.02. The van der Waals surface area contributed by atoms with Gasteiger partial charge < -0.3 is 20.3 Å². The summed E-state index contributed by atoms with van der Waals surface area (Å²) in [6.07, 6.45) is 3.39. The Hall–Kier alpha value is -3.07. The lowest BCUT2D eigenvalue weighted by molar-refractivity contribution is -0.118. The van der Waals surface area contributed by atoms with E-state index in [2.05, 4.69) is 10.6 Å². The van der Waals surface area contributed by atoms with Crippen molar-refractivity contribution in [3.05, 3.63) is 52.3 Å². The van der Waals surface area contributed by atoms with E-state index in [1.807, 2.05) is 0 Å². The maximum atomic E-state index is 13.5. The van der Waals surface area contributed by atoms with Crippen molar-refractivity contribution in [1.82, 2.24) is 9.88 Å². The number of rotatable bonds is 6. The van der Waals surface area contributed by atoms with Crippen molar-refractivity contribution in [3.63, 3.8) is 0 Å². The van der Waals surface area contributed by atoms with Crippen LogP contribution in [0.15, 0.2) is 18.2 Å². The van der Waals surface area contributed by atoms with Crippen LogP contribution in [0.3, 0.4) is 0 Å². The molecule has 1 aliphatic heterocycles. The Labute approximate surface area is 177 Å². The maximum Gasteiger partial charge on any atom is 0.294 e. The number of benzene rings is 1. The van der Waals surface area contributed by atoms with Gasteiger partial charge in [0.25, 0.3) is 17.6 Å². The van der Waals surface area contributed by atoms with Crippen LogP contribution in [0.5, 0.6) is 0 Å². The number of fused-ring (bicyclic) bond motifs is 1. The molecule has 0 atom stereocenters. The molecule has 3 N–H and O–H groups in total. The zero-order valence-electron chi connectivity index (χ0n) is 17.1. The van der Waals surface area contributed by atoms with Crippen molar-refractivity contribution in [2.75, 3.05) is 11.9 Å². The zero-order chi connectivity index (χ0) is 22.3. The van der Waals surface area contributed by atoms with E-state index in [1.165, 1.54) is 6.07 Å². The molecule has 1 aliphatic carbocycles. The van der Waals surface area contributed by atoms with Gasteiger partial charge in [-0.15, -0.1) is 0 Å². The first-order chi connectivity index (χ1) is 14.8. The largest absolute Gasteiger partial charge is 0.394 e. The highest BCUT2D eigenvalue weighted by atomic mass is 19.2. The molecule has 31 heavy (non-hydrogen) atoms. The minimum absolute atomic E-state index is 0.0864. The molecule has 0 spiro atoms. The molecule has 2 aromatic rings. The summed E-state index contributed by atoms with van der Waals surface area (Å²) in [5.41, 5.74) is 0.781. The van der Waals surface area contributed by atoms with E-state index in [-0.39, 0.29) is 23.6 Å². The average Bonchev–Trinajstić information content (AvgIpc) is 3.45. The Morgan fingerprint density at radius 3 is 2.55 bits per heavy atom. The zero-order valence-corrected chi connectivity index (χ0v) is 17.1. The van der Waals surface area contributed by atoms with Crippen LogP contribution in [0.4, 0.5) is 14.5 Å². The molecule has 1 saturated carbocycles. The number of nitrogens with zero attached hydrogens (tertiary/aromatic N) is 1. The molecule has 0 bridgehead atoms. The van der Waals surface area contributed by atoms with Gasteiger partial charge >= 0.3 is 0 Å². The van der Waals surface area contributed by atoms with E-state index in [0.29, 0.717) is 37.1 Å². The number of hydrogen-bond donors (Lipinski definition) is 3. The fraction of sp³-hybridized carbons (Fsp3) is 0.409. The van der Waals surface area contributed by atoms with Gasteiger partial charge in [0, 0.05) is 24.0 Å². The van der Waals surface area contributed by atoms with Crippen LogP contribution in [0, 0.1) is 18.6 Å². The predicted molar refractivity (Wildman–Crippen MR) is 108 cm³/mol. The van der Waals surface area contributed by atoms with Crippen molar-refractivity contribution in [2.45, 2.75) is 51.1 Å². The number of aliphatic hydroxyl groups excluding tert-OH is 1. The molecule has 1 aromatic heterocycles. The molecule has 2 aliphatic rings. The normalized spacial score (nSPS) is 16.4. The van der Waals surface area contributed by atoms with Crippen LogP contribution in [0.1, 0.15) is 57.8 Å². The first kappa shape index (κ1) is 21.2. The molecule has 2 heterocycles. The summed E-state index contributed by atoms with van der Waals surface area (Å²) in [7, 11) is 0. The van der Waals surface area contributed by atoms with Crippen LogP contribution >= 0.6 is 0 Å². The number of nitrogens with one attached hydrogen (secondary N) is 2. The molecule has 0 unspecified atom stereocenters. The van der Waals surface area contributed by atoms with Crippen LogP contribution in [0.2, 0.25) is 0 Å². The first-order valence-corrected chi connectivity index (χ1v) is 10.2. The number of ketones is 1. The van der Waals surface area contributed by atoms with Gasteiger partial charge in [-0.05, 0) is 56.7 Å². The Bertz CT molecular complexity index is 1090. The summed E-state index contributed by atoms with van der Waals surface area (Å²) in [6.45, 7) is 1.86. The fourth-order valence-corrected chi connectivity index (χ4v) is 4.12. The summed E-state index contributed by atoms with van der Waals surface area (Å²) in [5, 5.41) is 14.6. The Balaban J connectivity index is 1.66. The van der Waals surface area contributed by atoms with Gasteiger partial charge in [0.1, 0.15) is 0 Å². The summed E-state index contributed by atoms with van der Waals surface area (Å²) in [5.74, 6) is -4.23. The van der Waals surface area contributed by atoms with E-state index in [4.69, 9.17) is 0 Å². The molecule has 164 valence electrons. The lowest BCUT2D eigenvalue weighted by Crippen LogP contribution is -2.44. The van der Waals surface area contributed by atoms with Gasteiger partial charge in [0.2, 0.25) is 0 Å². The Morgan fingerprint density at radius 2 is 1.90 bits per heavy atom. The van der Waals surface area contributed by atoms with Gasteiger partial charge in [-0.1, -0.05) is 0 Å². The molecular weight excluding hydrogens is 408 g/mol. The lowest BCUT2D eigenvalue weighted by Gasteiger charge is -2.19. The minimum Gasteiger partial charge on any atom is -0.394 e. The number of carbonyl (C=O) groups is 3. The van der Waals surface area contributed by atoms with Crippen LogP contribution in [0.25, 0.3) is 0 Å². The highest BCUT2D eigenvalue weighted by Crippen LogP contribution is 2.35. The average molecular weight is 431 g/mol. The highest BCUT2D eigenvalue weighted by Gasteiger charge is 2.45. The quantitative estimate of drug-likeness (QED) is 0.483. The molecule has 1 aromatic carbocycles. The van der Waals surface area contributed by atoms with Gasteiger partial charge in [-0.2, -0.15) is 0 Å². The summed E-state index contributed by atoms with van der Waals surface area (Å²) in [4.78, 5) is 38.6. The van der Waals surface area contributed by atoms with Gasteiger partial charge in [0.15, 0.2) is 11.6 Å². The molecule has 4 rings (SSSR count). The number of amides is 2. The topological polar surface area (TPSA) is 100 Å². The Morgan fingerprint density at radius 1 is 1.16 bits per heavy atom. The molecule has 0 saturated heterocycles. The van der Waals surface area contributed by atoms with Crippen molar-refractivity contribution in [1.29, 1.82) is 0 Å². The SMILES string of the molecule is Cc1c(C(=O)Nc2ccc(F)c(F)c2)c2n(c1C(=O)C(=O)NC1(CO)CC1)CCCC2. The van der Waals surface area contributed by atoms with Crippen LogP contribution in [-0.4, -0.2) is 39.4 Å². The van der Waals surface area contributed by atoms with Gasteiger partial charge in [-0.3, -0.25) is 14.4 Å². The molecule has 7 nitrogen and oxygen atoms in total. The third kappa shape index (κ3) is 3.85. The van der Waals surface area contributed by atoms with Gasteiger partial charge in [0.05, 0.1) is 23.4 Å². The molecule has 0 radical (unpaired) electrons.